The summed E-state index contributed by atoms with van der Waals surface area (Å²) in [5.74, 6) is 0. The number of fused-ring (bicyclic) bond motifs is 3. The lowest BCUT2D eigenvalue weighted by molar-refractivity contribution is 0.214. The Bertz CT molecular complexity index is 880. The average molecular weight is 319 g/mol. The van der Waals surface area contributed by atoms with Gasteiger partial charge in [0.15, 0.2) is 0 Å². The number of nitrogens with one attached hydrogen (secondary N) is 2. The molecular formula is C20H21N3O. The van der Waals surface area contributed by atoms with Crippen molar-refractivity contribution < 1.29 is 4.79 Å². The molecule has 2 heterocycles. The Kier molecular flexibility index (Phi) is 3.73. The molecule has 1 aliphatic rings. The van der Waals surface area contributed by atoms with E-state index in [9.17, 15) is 4.79 Å². The van der Waals surface area contributed by atoms with Crippen molar-refractivity contribution in [2.75, 3.05) is 18.4 Å². The summed E-state index contributed by atoms with van der Waals surface area (Å²) in [5.41, 5.74) is 5.85. The average Bonchev–Trinajstić information content (AvgIpc) is 2.81. The summed E-state index contributed by atoms with van der Waals surface area (Å²) >= 11 is 0. The monoisotopic (exact) mass is 319 g/mol. The Labute approximate surface area is 141 Å². The van der Waals surface area contributed by atoms with Gasteiger partial charge in [-0.3, -0.25) is 0 Å². The fourth-order valence-electron chi connectivity index (χ4n) is 3.40. The van der Waals surface area contributed by atoms with Gasteiger partial charge in [0.2, 0.25) is 0 Å². The van der Waals surface area contributed by atoms with Crippen molar-refractivity contribution in [2.45, 2.75) is 19.8 Å². The minimum Gasteiger partial charge on any atom is -0.358 e. The number of benzene rings is 2. The molecule has 1 aromatic heterocycles. The largest absolute Gasteiger partial charge is 0.358 e. The van der Waals surface area contributed by atoms with Gasteiger partial charge in [-0.25, -0.2) is 4.79 Å². The highest BCUT2D eigenvalue weighted by Gasteiger charge is 2.21. The van der Waals surface area contributed by atoms with Gasteiger partial charge in [-0.2, -0.15) is 0 Å². The molecule has 0 aliphatic carbocycles. The molecule has 0 atom stereocenters. The van der Waals surface area contributed by atoms with E-state index >= 15 is 0 Å². The molecule has 4 nitrogen and oxygen atoms in total. The lowest BCUT2D eigenvalue weighted by Crippen LogP contribution is -2.36. The summed E-state index contributed by atoms with van der Waals surface area (Å²) in [5, 5.41) is 4.28. The van der Waals surface area contributed by atoms with E-state index in [0.29, 0.717) is 0 Å². The fraction of sp³-hybridized carbons (Fsp3) is 0.250. The summed E-state index contributed by atoms with van der Waals surface area (Å²) in [6.07, 6.45) is 1.76. The number of anilines is 1. The maximum Gasteiger partial charge on any atom is 0.321 e. The van der Waals surface area contributed by atoms with Gasteiger partial charge in [0, 0.05) is 41.8 Å². The van der Waals surface area contributed by atoms with Gasteiger partial charge in [-0.05, 0) is 37.1 Å². The van der Waals surface area contributed by atoms with E-state index in [0.717, 1.165) is 31.6 Å². The van der Waals surface area contributed by atoms with Crippen molar-refractivity contribution in [1.29, 1.82) is 0 Å². The van der Waals surface area contributed by atoms with Gasteiger partial charge >= 0.3 is 6.03 Å². The Morgan fingerprint density at radius 3 is 2.62 bits per heavy atom. The number of para-hydroxylation sites is 1. The first-order valence-electron chi connectivity index (χ1n) is 8.42. The van der Waals surface area contributed by atoms with Crippen LogP contribution in [0.2, 0.25) is 0 Å². The first-order chi connectivity index (χ1) is 11.7. The summed E-state index contributed by atoms with van der Waals surface area (Å²) in [4.78, 5) is 18.0. The van der Waals surface area contributed by atoms with E-state index in [4.69, 9.17) is 0 Å². The van der Waals surface area contributed by atoms with E-state index in [1.165, 1.54) is 27.7 Å². The van der Waals surface area contributed by atoms with E-state index in [1.54, 1.807) is 0 Å². The van der Waals surface area contributed by atoms with Crippen LogP contribution in [0.4, 0.5) is 10.5 Å². The van der Waals surface area contributed by atoms with Gasteiger partial charge in [-0.15, -0.1) is 0 Å². The van der Waals surface area contributed by atoms with Crippen LogP contribution in [0.15, 0.2) is 48.5 Å². The van der Waals surface area contributed by atoms with E-state index in [-0.39, 0.29) is 6.03 Å². The third kappa shape index (κ3) is 2.75. The fourth-order valence-corrected chi connectivity index (χ4v) is 3.40. The van der Waals surface area contributed by atoms with Crippen molar-refractivity contribution in [1.82, 2.24) is 9.88 Å². The molecular weight excluding hydrogens is 298 g/mol. The standard InChI is InChI=1S/C20H21N3O/c1-14-6-8-15(9-7-14)21-20(24)23-12-10-17-16-4-2-3-5-18(16)22-19(17)11-13-23/h2-9,22H,10-13H2,1H3,(H,21,24). The highest BCUT2D eigenvalue weighted by Crippen LogP contribution is 2.25. The third-order valence-corrected chi connectivity index (χ3v) is 4.76. The molecule has 2 amide bonds. The number of hydrogen-bond acceptors (Lipinski definition) is 1. The molecule has 0 unspecified atom stereocenters. The summed E-state index contributed by atoms with van der Waals surface area (Å²) < 4.78 is 0. The molecule has 0 saturated carbocycles. The van der Waals surface area contributed by atoms with Crippen LogP contribution in [0.1, 0.15) is 16.8 Å². The number of amides is 2. The van der Waals surface area contributed by atoms with E-state index in [2.05, 4.69) is 34.6 Å². The van der Waals surface area contributed by atoms with Crippen molar-refractivity contribution in [2.24, 2.45) is 0 Å². The minimum atomic E-state index is -0.0201. The van der Waals surface area contributed by atoms with Gasteiger partial charge in [0.25, 0.3) is 0 Å². The number of aryl methyl sites for hydroxylation is 1. The number of carbonyl (C=O) groups is 1. The third-order valence-electron chi connectivity index (χ3n) is 4.76. The van der Waals surface area contributed by atoms with Crippen LogP contribution in [0.25, 0.3) is 10.9 Å². The Morgan fingerprint density at radius 1 is 1.04 bits per heavy atom. The zero-order chi connectivity index (χ0) is 16.5. The molecule has 2 N–H and O–H groups in total. The maximum absolute atomic E-state index is 12.5. The number of aromatic amines is 1. The van der Waals surface area contributed by atoms with Crippen molar-refractivity contribution >= 4 is 22.6 Å². The highest BCUT2D eigenvalue weighted by molar-refractivity contribution is 5.90. The van der Waals surface area contributed by atoms with Crippen molar-refractivity contribution in [3.05, 3.63) is 65.4 Å². The first-order valence-corrected chi connectivity index (χ1v) is 8.42. The normalized spacial score (nSPS) is 14.3. The van der Waals surface area contributed by atoms with Gasteiger partial charge in [0.1, 0.15) is 0 Å². The molecule has 122 valence electrons. The molecule has 2 aromatic carbocycles. The van der Waals surface area contributed by atoms with Crippen molar-refractivity contribution in [3.63, 3.8) is 0 Å². The van der Waals surface area contributed by atoms with Crippen LogP contribution in [0, 0.1) is 6.92 Å². The van der Waals surface area contributed by atoms with Gasteiger partial charge in [0.05, 0.1) is 0 Å². The topological polar surface area (TPSA) is 48.1 Å². The molecule has 0 spiro atoms. The van der Waals surface area contributed by atoms with Crippen LogP contribution in [-0.4, -0.2) is 29.0 Å². The van der Waals surface area contributed by atoms with Gasteiger partial charge in [-0.1, -0.05) is 35.9 Å². The molecule has 0 saturated heterocycles. The SMILES string of the molecule is Cc1ccc(NC(=O)N2CCc3[nH]c4ccccc4c3CC2)cc1. The molecule has 0 radical (unpaired) electrons. The molecule has 1 aliphatic heterocycles. The molecule has 0 fully saturated rings. The van der Waals surface area contributed by atoms with Gasteiger partial charge < -0.3 is 15.2 Å². The molecule has 4 rings (SSSR count). The van der Waals surface area contributed by atoms with Crippen LogP contribution < -0.4 is 5.32 Å². The lowest BCUT2D eigenvalue weighted by atomic mass is 10.1. The number of H-pyrrole nitrogens is 1. The Balaban J connectivity index is 1.49. The van der Waals surface area contributed by atoms with Crippen LogP contribution in [-0.2, 0) is 12.8 Å². The van der Waals surface area contributed by atoms with E-state index in [1.807, 2.05) is 36.1 Å². The smallest absolute Gasteiger partial charge is 0.321 e. The second-order valence-electron chi connectivity index (χ2n) is 6.41. The Morgan fingerprint density at radius 2 is 1.79 bits per heavy atom. The lowest BCUT2D eigenvalue weighted by Gasteiger charge is -2.21. The molecule has 3 aromatic rings. The predicted molar refractivity (Wildman–Crippen MR) is 97.5 cm³/mol. The number of carbonyl (C=O) groups excluding carboxylic acids is 1. The quantitative estimate of drug-likeness (QED) is 0.697. The zero-order valence-electron chi connectivity index (χ0n) is 13.8. The number of nitrogens with zero attached hydrogens (tertiary/aromatic N) is 1. The molecule has 4 heteroatoms. The van der Waals surface area contributed by atoms with E-state index < -0.39 is 0 Å². The summed E-state index contributed by atoms with van der Waals surface area (Å²) in [6, 6.07) is 16.3. The number of urea groups is 1. The van der Waals surface area contributed by atoms with Crippen LogP contribution in [0.3, 0.4) is 0 Å². The van der Waals surface area contributed by atoms with Crippen molar-refractivity contribution in [3.8, 4) is 0 Å². The number of rotatable bonds is 1. The zero-order valence-corrected chi connectivity index (χ0v) is 13.8. The maximum atomic E-state index is 12.5. The molecule has 0 bridgehead atoms. The van der Waals surface area contributed by atoms with Crippen LogP contribution in [0.5, 0.6) is 0 Å². The molecule has 24 heavy (non-hydrogen) atoms. The summed E-state index contributed by atoms with van der Waals surface area (Å²) in [7, 11) is 0. The minimum absolute atomic E-state index is 0.0201. The second kappa shape index (κ2) is 6.04. The summed E-state index contributed by atoms with van der Waals surface area (Å²) in [6.45, 7) is 3.52. The predicted octanol–water partition coefficient (Wildman–Crippen LogP) is 4.11. The highest BCUT2D eigenvalue weighted by atomic mass is 16.2. The Hall–Kier alpha value is -2.75. The van der Waals surface area contributed by atoms with Crippen LogP contribution >= 0.6 is 0 Å². The number of aromatic nitrogens is 1. The first kappa shape index (κ1) is 14.8. The second-order valence-corrected chi connectivity index (χ2v) is 6.41. The number of hydrogen-bond donors (Lipinski definition) is 2.